The number of halogens is 1. The third kappa shape index (κ3) is 4.81. The predicted octanol–water partition coefficient (Wildman–Crippen LogP) is 4.10. The molecule has 1 aliphatic rings. The summed E-state index contributed by atoms with van der Waals surface area (Å²) in [5.41, 5.74) is 8.15. The zero-order valence-corrected chi connectivity index (χ0v) is 15.7. The lowest BCUT2D eigenvalue weighted by molar-refractivity contribution is 0.154. The van der Waals surface area contributed by atoms with Crippen LogP contribution in [0.15, 0.2) is 41.1 Å². The number of likely N-dealkylation sites (tertiary alicyclic amines) is 1. The lowest BCUT2D eigenvalue weighted by Gasteiger charge is -2.41. The van der Waals surface area contributed by atoms with Crippen molar-refractivity contribution in [1.29, 1.82) is 0 Å². The summed E-state index contributed by atoms with van der Waals surface area (Å²) in [4.78, 5) is 5.00. The van der Waals surface area contributed by atoms with Crippen LogP contribution < -0.4 is 10.6 Å². The fourth-order valence-corrected chi connectivity index (χ4v) is 4.36. The molecule has 1 aromatic carbocycles. The molecule has 1 fully saturated rings. The molecular weight excluding hydrogens is 333 g/mol. The Morgan fingerprint density at radius 3 is 2.56 bits per heavy atom. The fourth-order valence-electron chi connectivity index (χ4n) is 3.71. The van der Waals surface area contributed by atoms with E-state index in [-0.39, 0.29) is 5.82 Å². The van der Waals surface area contributed by atoms with Crippen LogP contribution in [-0.2, 0) is 6.54 Å². The quantitative estimate of drug-likeness (QED) is 0.806. The van der Waals surface area contributed by atoms with Gasteiger partial charge in [0.05, 0.1) is 0 Å². The first-order valence-electron chi connectivity index (χ1n) is 9.15. The molecule has 136 valence electrons. The van der Waals surface area contributed by atoms with Crippen molar-refractivity contribution in [3.63, 3.8) is 0 Å². The molecule has 25 heavy (non-hydrogen) atoms. The summed E-state index contributed by atoms with van der Waals surface area (Å²) in [6.45, 7) is 6.12. The van der Waals surface area contributed by atoms with Crippen LogP contribution in [0.25, 0.3) is 0 Å². The van der Waals surface area contributed by atoms with Crippen LogP contribution in [0.5, 0.6) is 0 Å². The van der Waals surface area contributed by atoms with Gasteiger partial charge in [-0.25, -0.2) is 4.39 Å². The maximum absolute atomic E-state index is 13.3. The molecule has 2 aromatic rings. The van der Waals surface area contributed by atoms with E-state index in [0.717, 1.165) is 51.1 Å². The molecule has 1 saturated heterocycles. The molecule has 2 N–H and O–H groups in total. The van der Waals surface area contributed by atoms with Crippen molar-refractivity contribution in [3.8, 4) is 0 Å². The number of nitrogens with two attached hydrogens (primary N) is 1. The van der Waals surface area contributed by atoms with Crippen LogP contribution in [0.1, 0.15) is 31.7 Å². The summed E-state index contributed by atoms with van der Waals surface area (Å²) in [5, 5.41) is 4.32. The first kappa shape index (κ1) is 18.4. The highest BCUT2D eigenvalue weighted by atomic mass is 32.1. The molecule has 3 rings (SSSR count). The van der Waals surface area contributed by atoms with Gasteiger partial charge in [-0.1, -0.05) is 0 Å². The number of benzene rings is 1. The zero-order chi connectivity index (χ0) is 17.6. The van der Waals surface area contributed by atoms with Gasteiger partial charge in [-0.3, -0.25) is 0 Å². The van der Waals surface area contributed by atoms with Gasteiger partial charge >= 0.3 is 0 Å². The standard InChI is InChI=1S/C20H28FN3S/c1-16(6-10-22)23-11-7-20(8-12-23)24(14-17-9-13-25-15-17)19-4-2-18(21)3-5-19/h2-5,9,13,15-16,20H,6-8,10-12,14,22H2,1H3. The highest BCUT2D eigenvalue weighted by molar-refractivity contribution is 7.07. The zero-order valence-electron chi connectivity index (χ0n) is 14.9. The van der Waals surface area contributed by atoms with E-state index in [1.165, 1.54) is 5.56 Å². The van der Waals surface area contributed by atoms with Gasteiger partial charge in [0.2, 0.25) is 0 Å². The smallest absolute Gasteiger partial charge is 0.123 e. The van der Waals surface area contributed by atoms with Crippen molar-refractivity contribution < 1.29 is 4.39 Å². The van der Waals surface area contributed by atoms with E-state index in [4.69, 9.17) is 5.73 Å². The lowest BCUT2D eigenvalue weighted by Crippen LogP contribution is -2.47. The van der Waals surface area contributed by atoms with Gasteiger partial charge in [0.15, 0.2) is 0 Å². The van der Waals surface area contributed by atoms with Crippen molar-refractivity contribution in [1.82, 2.24) is 4.90 Å². The molecule has 2 heterocycles. The van der Waals surface area contributed by atoms with Gasteiger partial charge in [-0.05, 0) is 79.4 Å². The molecule has 1 unspecified atom stereocenters. The Bertz CT molecular complexity index is 621. The van der Waals surface area contributed by atoms with Gasteiger partial charge in [-0.15, -0.1) is 0 Å². The van der Waals surface area contributed by atoms with Gasteiger partial charge < -0.3 is 15.5 Å². The van der Waals surface area contributed by atoms with Gasteiger partial charge in [0, 0.05) is 37.4 Å². The summed E-state index contributed by atoms with van der Waals surface area (Å²) < 4.78 is 13.3. The minimum absolute atomic E-state index is 0.176. The number of hydrogen-bond acceptors (Lipinski definition) is 4. The third-order valence-corrected chi connectivity index (χ3v) is 5.97. The maximum atomic E-state index is 13.3. The predicted molar refractivity (Wildman–Crippen MR) is 105 cm³/mol. The SMILES string of the molecule is CC(CCN)N1CCC(N(Cc2ccsc2)c2ccc(F)cc2)CC1. The minimum Gasteiger partial charge on any atom is -0.364 e. The second kappa shape index (κ2) is 8.79. The van der Waals surface area contributed by atoms with E-state index in [0.29, 0.717) is 12.1 Å². The number of piperidine rings is 1. The number of anilines is 1. The first-order valence-corrected chi connectivity index (χ1v) is 10.1. The summed E-state index contributed by atoms with van der Waals surface area (Å²) in [5.74, 6) is -0.176. The Kier molecular flexibility index (Phi) is 6.45. The minimum atomic E-state index is -0.176. The van der Waals surface area contributed by atoms with E-state index in [2.05, 4.69) is 33.6 Å². The number of rotatable bonds is 7. The topological polar surface area (TPSA) is 32.5 Å². The average Bonchev–Trinajstić information content (AvgIpc) is 3.14. The Morgan fingerprint density at radius 2 is 1.96 bits per heavy atom. The van der Waals surface area contributed by atoms with Gasteiger partial charge in [0.1, 0.15) is 5.82 Å². The van der Waals surface area contributed by atoms with Crippen molar-refractivity contribution >= 4 is 17.0 Å². The highest BCUT2D eigenvalue weighted by Crippen LogP contribution is 2.27. The number of hydrogen-bond donors (Lipinski definition) is 1. The van der Waals surface area contributed by atoms with E-state index in [1.807, 2.05) is 12.1 Å². The maximum Gasteiger partial charge on any atom is 0.123 e. The van der Waals surface area contributed by atoms with Crippen LogP contribution in [0, 0.1) is 5.82 Å². The molecule has 0 bridgehead atoms. The normalized spacial score (nSPS) is 17.6. The molecule has 1 atom stereocenters. The number of thiophene rings is 1. The molecule has 1 aliphatic heterocycles. The largest absolute Gasteiger partial charge is 0.364 e. The van der Waals surface area contributed by atoms with Crippen LogP contribution >= 0.6 is 11.3 Å². The Labute approximate surface area is 154 Å². The van der Waals surface area contributed by atoms with Crippen LogP contribution in [-0.4, -0.2) is 36.6 Å². The van der Waals surface area contributed by atoms with Crippen molar-refractivity contribution in [2.45, 2.75) is 44.8 Å². The number of nitrogens with zero attached hydrogens (tertiary/aromatic N) is 2. The molecule has 0 saturated carbocycles. The summed E-state index contributed by atoms with van der Waals surface area (Å²) in [6, 6.07) is 10.2. The molecular formula is C20H28FN3S. The Hall–Kier alpha value is -1.43. The molecule has 1 aromatic heterocycles. The summed E-state index contributed by atoms with van der Waals surface area (Å²) in [6.07, 6.45) is 3.33. The van der Waals surface area contributed by atoms with Crippen molar-refractivity contribution in [2.24, 2.45) is 5.73 Å². The van der Waals surface area contributed by atoms with Gasteiger partial charge in [0.25, 0.3) is 0 Å². The van der Waals surface area contributed by atoms with Crippen molar-refractivity contribution in [3.05, 3.63) is 52.5 Å². The van der Waals surface area contributed by atoms with Crippen LogP contribution in [0.2, 0.25) is 0 Å². The first-order chi connectivity index (χ1) is 12.2. The molecule has 0 radical (unpaired) electrons. The average molecular weight is 362 g/mol. The van der Waals surface area contributed by atoms with E-state index >= 15 is 0 Å². The molecule has 3 nitrogen and oxygen atoms in total. The summed E-state index contributed by atoms with van der Waals surface area (Å²) in [7, 11) is 0. The van der Waals surface area contributed by atoms with Crippen LogP contribution in [0.4, 0.5) is 10.1 Å². The second-order valence-corrected chi connectivity index (χ2v) is 7.71. The molecule has 0 amide bonds. The van der Waals surface area contributed by atoms with Gasteiger partial charge in [-0.2, -0.15) is 11.3 Å². The third-order valence-electron chi connectivity index (χ3n) is 5.24. The fraction of sp³-hybridized carbons (Fsp3) is 0.500. The van der Waals surface area contributed by atoms with Crippen molar-refractivity contribution in [2.75, 3.05) is 24.5 Å². The summed E-state index contributed by atoms with van der Waals surface area (Å²) >= 11 is 1.73. The molecule has 0 aliphatic carbocycles. The lowest BCUT2D eigenvalue weighted by atomic mass is 9.99. The Morgan fingerprint density at radius 1 is 1.24 bits per heavy atom. The molecule has 0 spiro atoms. The van der Waals surface area contributed by atoms with E-state index in [1.54, 1.807) is 23.5 Å². The van der Waals surface area contributed by atoms with Crippen LogP contribution in [0.3, 0.4) is 0 Å². The molecule has 5 heteroatoms. The Balaban J connectivity index is 1.70. The van der Waals surface area contributed by atoms with E-state index < -0.39 is 0 Å². The van der Waals surface area contributed by atoms with E-state index in [9.17, 15) is 4.39 Å². The second-order valence-electron chi connectivity index (χ2n) is 6.93. The highest BCUT2D eigenvalue weighted by Gasteiger charge is 2.27. The monoisotopic (exact) mass is 361 g/mol.